The van der Waals surface area contributed by atoms with Crippen molar-refractivity contribution >= 4 is 17.7 Å². The van der Waals surface area contributed by atoms with Gasteiger partial charge in [0, 0.05) is 0 Å². The number of carbonyl (C=O) groups is 3. The summed E-state index contributed by atoms with van der Waals surface area (Å²) in [5.74, 6) is -3.77. The zero-order valence-electron chi connectivity index (χ0n) is 9.39. The highest BCUT2D eigenvalue weighted by atomic mass is 16.5. The van der Waals surface area contributed by atoms with E-state index < -0.39 is 23.5 Å². The van der Waals surface area contributed by atoms with Gasteiger partial charge < -0.3 is 14.9 Å². The first kappa shape index (κ1) is 14.6. The molecule has 6 nitrogen and oxygen atoms in total. The van der Waals surface area contributed by atoms with E-state index in [4.69, 9.17) is 14.9 Å². The lowest BCUT2D eigenvalue weighted by Crippen LogP contribution is -2.10. The van der Waals surface area contributed by atoms with Gasteiger partial charge in [0.05, 0.1) is 11.1 Å². The van der Waals surface area contributed by atoms with Crippen molar-refractivity contribution in [1.29, 1.82) is 0 Å². The van der Waals surface area contributed by atoms with Crippen molar-refractivity contribution < 1.29 is 29.3 Å². The minimum absolute atomic E-state index is 0.169. The first-order valence-corrected chi connectivity index (χ1v) is 4.49. The molecule has 0 rings (SSSR count). The summed E-state index contributed by atoms with van der Waals surface area (Å²) in [7, 11) is 0. The second kappa shape index (κ2) is 6.26. The molecule has 0 atom stereocenters. The molecule has 17 heavy (non-hydrogen) atoms. The number of carboxylic acids is 2. The summed E-state index contributed by atoms with van der Waals surface area (Å²) >= 11 is 0. The highest BCUT2D eigenvalue weighted by Gasteiger charge is 2.16. The van der Waals surface area contributed by atoms with Gasteiger partial charge in [-0.3, -0.25) is 4.79 Å². The lowest BCUT2D eigenvalue weighted by molar-refractivity contribution is -0.133. The van der Waals surface area contributed by atoms with Crippen LogP contribution in [0.4, 0.5) is 0 Å². The average Bonchev–Trinajstić information content (AvgIpc) is 2.27. The molecule has 92 valence electrons. The zero-order chi connectivity index (χ0) is 13.6. The maximum absolute atomic E-state index is 11.3. The molecule has 0 amide bonds. The van der Waals surface area contributed by atoms with E-state index in [1.54, 1.807) is 0 Å². The number of carbonyl (C=O) groups excluding carboxylic acids is 1. The summed E-state index contributed by atoms with van der Waals surface area (Å²) in [5.41, 5.74) is -0.498. The summed E-state index contributed by atoms with van der Waals surface area (Å²) < 4.78 is 4.78. The normalized spacial score (nSPS) is 12.5. The van der Waals surface area contributed by atoms with E-state index in [2.05, 4.69) is 6.58 Å². The van der Waals surface area contributed by atoms with Crippen molar-refractivity contribution in [3.05, 3.63) is 35.8 Å². The SMILES string of the molecule is C=CC(=O)C(OC=C(C)C(=O)O)=C(C)C(=O)O. The largest absolute Gasteiger partial charge is 0.478 e. The fourth-order valence-electron chi connectivity index (χ4n) is 0.719. The average molecular weight is 240 g/mol. The standard InChI is InChI=1S/C11H12O6/c1-4-8(12)9(7(3)11(15)16)17-5-6(2)10(13)14/h4-5H,1H2,2-3H3,(H,13,14)(H,15,16). The molecule has 0 fully saturated rings. The molecule has 0 aliphatic carbocycles. The van der Waals surface area contributed by atoms with E-state index in [-0.39, 0.29) is 11.1 Å². The molecule has 0 aromatic heterocycles. The Balaban J connectivity index is 5.26. The molecule has 0 radical (unpaired) electrons. The van der Waals surface area contributed by atoms with Gasteiger partial charge in [-0.15, -0.1) is 0 Å². The van der Waals surface area contributed by atoms with Gasteiger partial charge in [0.2, 0.25) is 5.78 Å². The predicted octanol–water partition coefficient (Wildman–Crippen LogP) is 1.11. The van der Waals surface area contributed by atoms with Gasteiger partial charge in [0.1, 0.15) is 6.26 Å². The molecule has 2 N–H and O–H groups in total. The van der Waals surface area contributed by atoms with Crippen molar-refractivity contribution in [2.24, 2.45) is 0 Å². The number of ether oxygens (including phenoxy) is 1. The van der Waals surface area contributed by atoms with Crippen LogP contribution in [-0.4, -0.2) is 27.9 Å². The summed E-state index contributed by atoms with van der Waals surface area (Å²) in [5, 5.41) is 17.3. The highest BCUT2D eigenvalue weighted by Crippen LogP contribution is 2.10. The number of aliphatic carboxylic acids is 2. The van der Waals surface area contributed by atoms with Crippen LogP contribution in [0, 0.1) is 0 Å². The van der Waals surface area contributed by atoms with Gasteiger partial charge in [-0.2, -0.15) is 0 Å². The van der Waals surface area contributed by atoms with Gasteiger partial charge in [-0.25, -0.2) is 9.59 Å². The highest BCUT2D eigenvalue weighted by molar-refractivity contribution is 6.07. The first-order valence-electron chi connectivity index (χ1n) is 4.49. The molecule has 6 heteroatoms. The number of carboxylic acid groups (broad SMARTS) is 2. The molecule has 0 unspecified atom stereocenters. The molecule has 0 saturated carbocycles. The summed E-state index contributed by atoms with van der Waals surface area (Å²) in [6.45, 7) is 5.61. The van der Waals surface area contributed by atoms with Crippen LogP contribution in [0.15, 0.2) is 35.8 Å². The number of allylic oxidation sites excluding steroid dienone is 1. The molecule has 0 aromatic rings. The van der Waals surface area contributed by atoms with Crippen LogP contribution in [0.3, 0.4) is 0 Å². The van der Waals surface area contributed by atoms with E-state index in [1.165, 1.54) is 13.8 Å². The van der Waals surface area contributed by atoms with E-state index >= 15 is 0 Å². The van der Waals surface area contributed by atoms with Crippen LogP contribution >= 0.6 is 0 Å². The van der Waals surface area contributed by atoms with Crippen molar-refractivity contribution in [1.82, 2.24) is 0 Å². The zero-order valence-corrected chi connectivity index (χ0v) is 9.39. The lowest BCUT2D eigenvalue weighted by atomic mass is 10.2. The number of rotatable bonds is 6. The molecule has 0 aliphatic heterocycles. The quantitative estimate of drug-likeness (QED) is 0.532. The fourth-order valence-corrected chi connectivity index (χ4v) is 0.719. The Morgan fingerprint density at radius 1 is 1.12 bits per heavy atom. The fraction of sp³-hybridized carbons (Fsp3) is 0.182. The third-order valence-electron chi connectivity index (χ3n) is 1.76. The molecule has 0 aliphatic rings. The number of hydrogen-bond donors (Lipinski definition) is 2. The van der Waals surface area contributed by atoms with Crippen LogP contribution in [0.25, 0.3) is 0 Å². The molecule has 0 bridgehead atoms. The Hall–Kier alpha value is -2.37. The first-order chi connectivity index (χ1) is 7.81. The molecule has 0 aromatic carbocycles. The molecular weight excluding hydrogens is 228 g/mol. The number of ketones is 1. The Bertz CT molecular complexity index is 427. The maximum atomic E-state index is 11.3. The minimum Gasteiger partial charge on any atom is -0.478 e. The van der Waals surface area contributed by atoms with E-state index in [9.17, 15) is 14.4 Å². The summed E-state index contributed by atoms with van der Waals surface area (Å²) in [4.78, 5) is 32.4. The molecule has 0 saturated heterocycles. The van der Waals surface area contributed by atoms with Gasteiger partial charge in [-0.1, -0.05) is 6.58 Å². The second-order valence-electron chi connectivity index (χ2n) is 3.05. The smallest absolute Gasteiger partial charge is 0.335 e. The Morgan fingerprint density at radius 2 is 1.65 bits per heavy atom. The Kier molecular flexibility index (Phi) is 5.39. The Labute approximate surface area is 97.5 Å². The summed E-state index contributed by atoms with van der Waals surface area (Å²) in [6, 6.07) is 0. The van der Waals surface area contributed by atoms with Gasteiger partial charge in [0.25, 0.3) is 0 Å². The lowest BCUT2D eigenvalue weighted by Gasteiger charge is -2.05. The molecular formula is C11H12O6. The van der Waals surface area contributed by atoms with Crippen molar-refractivity contribution in [2.45, 2.75) is 13.8 Å². The van der Waals surface area contributed by atoms with Gasteiger partial charge in [-0.05, 0) is 19.9 Å². The van der Waals surface area contributed by atoms with Crippen LogP contribution in [0.1, 0.15) is 13.8 Å². The van der Waals surface area contributed by atoms with Crippen molar-refractivity contribution in [2.75, 3.05) is 0 Å². The molecule has 0 heterocycles. The second-order valence-corrected chi connectivity index (χ2v) is 3.05. The summed E-state index contributed by atoms with van der Waals surface area (Å²) in [6.07, 6.45) is 1.68. The van der Waals surface area contributed by atoms with Gasteiger partial charge >= 0.3 is 11.9 Å². The van der Waals surface area contributed by atoms with Crippen LogP contribution in [-0.2, 0) is 19.1 Å². The van der Waals surface area contributed by atoms with Crippen molar-refractivity contribution in [3.63, 3.8) is 0 Å². The van der Waals surface area contributed by atoms with Crippen LogP contribution in [0.2, 0.25) is 0 Å². The van der Waals surface area contributed by atoms with E-state index in [0.717, 1.165) is 12.3 Å². The third kappa shape index (κ3) is 4.33. The van der Waals surface area contributed by atoms with Crippen LogP contribution in [0.5, 0.6) is 0 Å². The maximum Gasteiger partial charge on any atom is 0.335 e. The van der Waals surface area contributed by atoms with Gasteiger partial charge in [0.15, 0.2) is 5.76 Å². The molecule has 0 spiro atoms. The van der Waals surface area contributed by atoms with Crippen molar-refractivity contribution in [3.8, 4) is 0 Å². The Morgan fingerprint density at radius 3 is 2.00 bits per heavy atom. The number of hydrogen-bond acceptors (Lipinski definition) is 4. The predicted molar refractivity (Wildman–Crippen MR) is 58.0 cm³/mol. The third-order valence-corrected chi connectivity index (χ3v) is 1.76. The monoisotopic (exact) mass is 240 g/mol. The minimum atomic E-state index is -1.34. The van der Waals surface area contributed by atoms with Crippen LogP contribution < -0.4 is 0 Å². The van der Waals surface area contributed by atoms with E-state index in [1.807, 2.05) is 0 Å². The van der Waals surface area contributed by atoms with E-state index in [0.29, 0.717) is 0 Å². The topological polar surface area (TPSA) is 101 Å².